The fourth-order valence-corrected chi connectivity index (χ4v) is 4.12. The third kappa shape index (κ3) is 5.81. The molecule has 33 heavy (non-hydrogen) atoms. The monoisotopic (exact) mass is 457 g/mol. The first-order chi connectivity index (χ1) is 16.0. The second kappa shape index (κ2) is 10.5. The normalized spacial score (nSPS) is 20.5. The SMILES string of the molecule is OCC(O[C@H]1OCCN(Cc2ccccc2)[C@H]1c1ccccc1)c1cccc(C(F)(F)F)c1. The first-order valence-electron chi connectivity index (χ1n) is 10.8. The lowest BCUT2D eigenvalue weighted by atomic mass is 10.0. The Morgan fingerprint density at radius 3 is 2.33 bits per heavy atom. The van der Waals surface area contributed by atoms with Gasteiger partial charge in [0.05, 0.1) is 24.8 Å². The Labute approximate surface area is 191 Å². The summed E-state index contributed by atoms with van der Waals surface area (Å²) in [6.07, 6.45) is -6.20. The molecule has 0 aliphatic carbocycles. The van der Waals surface area contributed by atoms with Crippen molar-refractivity contribution >= 4 is 0 Å². The quantitative estimate of drug-likeness (QED) is 0.519. The van der Waals surface area contributed by atoms with Crippen LogP contribution in [0, 0.1) is 0 Å². The molecule has 1 heterocycles. The number of ether oxygens (including phenoxy) is 2. The van der Waals surface area contributed by atoms with E-state index >= 15 is 0 Å². The van der Waals surface area contributed by atoms with Gasteiger partial charge >= 0.3 is 6.18 Å². The molecule has 1 unspecified atom stereocenters. The molecule has 0 radical (unpaired) electrons. The molecule has 1 saturated heterocycles. The molecule has 1 fully saturated rings. The number of halogens is 3. The van der Waals surface area contributed by atoms with E-state index in [-0.39, 0.29) is 11.6 Å². The Kier molecular flexibility index (Phi) is 7.45. The molecule has 4 rings (SSSR count). The highest BCUT2D eigenvalue weighted by Gasteiger charge is 2.37. The van der Waals surface area contributed by atoms with Gasteiger partial charge in [-0.3, -0.25) is 4.90 Å². The number of benzene rings is 3. The Bertz CT molecular complexity index is 1010. The summed E-state index contributed by atoms with van der Waals surface area (Å²) in [5.41, 5.74) is 1.58. The van der Waals surface area contributed by atoms with E-state index in [1.807, 2.05) is 60.7 Å². The molecule has 174 valence electrons. The van der Waals surface area contributed by atoms with E-state index in [9.17, 15) is 18.3 Å². The third-order valence-electron chi connectivity index (χ3n) is 5.73. The summed E-state index contributed by atoms with van der Waals surface area (Å²) < 4.78 is 51.7. The van der Waals surface area contributed by atoms with E-state index in [1.54, 1.807) is 0 Å². The second-order valence-electron chi connectivity index (χ2n) is 7.98. The van der Waals surface area contributed by atoms with Crippen molar-refractivity contribution in [2.75, 3.05) is 19.8 Å². The van der Waals surface area contributed by atoms with E-state index in [0.29, 0.717) is 19.7 Å². The molecule has 1 N–H and O–H groups in total. The number of alkyl halides is 3. The molecule has 1 aliphatic heterocycles. The minimum atomic E-state index is -4.48. The van der Waals surface area contributed by atoms with Gasteiger partial charge in [-0.2, -0.15) is 13.2 Å². The lowest BCUT2D eigenvalue weighted by Crippen LogP contribution is -2.46. The van der Waals surface area contributed by atoms with Gasteiger partial charge in [-0.25, -0.2) is 0 Å². The summed E-state index contributed by atoms with van der Waals surface area (Å²) in [6.45, 7) is 1.27. The molecule has 7 heteroatoms. The Morgan fingerprint density at radius 2 is 1.67 bits per heavy atom. The van der Waals surface area contributed by atoms with Crippen molar-refractivity contribution in [1.29, 1.82) is 0 Å². The van der Waals surface area contributed by atoms with Crippen LogP contribution in [0.3, 0.4) is 0 Å². The Morgan fingerprint density at radius 1 is 0.970 bits per heavy atom. The van der Waals surface area contributed by atoms with Crippen molar-refractivity contribution in [2.24, 2.45) is 0 Å². The number of nitrogens with zero attached hydrogens (tertiary/aromatic N) is 1. The zero-order chi connectivity index (χ0) is 23.3. The zero-order valence-electron chi connectivity index (χ0n) is 18.0. The Balaban J connectivity index is 1.61. The van der Waals surface area contributed by atoms with Gasteiger partial charge < -0.3 is 14.6 Å². The van der Waals surface area contributed by atoms with Gasteiger partial charge in [-0.1, -0.05) is 72.8 Å². The minimum Gasteiger partial charge on any atom is -0.393 e. The number of hydrogen-bond acceptors (Lipinski definition) is 4. The van der Waals surface area contributed by atoms with Gasteiger partial charge in [-0.15, -0.1) is 0 Å². The van der Waals surface area contributed by atoms with Crippen molar-refractivity contribution in [3.05, 3.63) is 107 Å². The maximum Gasteiger partial charge on any atom is 0.416 e. The van der Waals surface area contributed by atoms with Crippen LogP contribution in [0.1, 0.15) is 34.4 Å². The number of hydrogen-bond donors (Lipinski definition) is 1. The predicted molar refractivity (Wildman–Crippen MR) is 118 cm³/mol. The summed E-state index contributed by atoms with van der Waals surface area (Å²) >= 11 is 0. The van der Waals surface area contributed by atoms with Gasteiger partial charge in [0, 0.05) is 13.1 Å². The van der Waals surface area contributed by atoms with E-state index in [2.05, 4.69) is 4.90 Å². The van der Waals surface area contributed by atoms with Gasteiger partial charge in [-0.05, 0) is 28.8 Å². The molecule has 3 aromatic rings. The van der Waals surface area contributed by atoms with Crippen LogP contribution in [0.15, 0.2) is 84.9 Å². The third-order valence-corrected chi connectivity index (χ3v) is 5.73. The van der Waals surface area contributed by atoms with Crippen LogP contribution in [0.5, 0.6) is 0 Å². The van der Waals surface area contributed by atoms with Crippen LogP contribution >= 0.6 is 0 Å². The van der Waals surface area contributed by atoms with Crippen LogP contribution in [0.2, 0.25) is 0 Å². The molecule has 1 aliphatic rings. The van der Waals surface area contributed by atoms with E-state index in [0.717, 1.165) is 23.3 Å². The van der Waals surface area contributed by atoms with Gasteiger partial charge in [0.25, 0.3) is 0 Å². The number of aliphatic hydroxyl groups is 1. The lowest BCUT2D eigenvalue weighted by Gasteiger charge is -2.42. The smallest absolute Gasteiger partial charge is 0.393 e. The summed E-state index contributed by atoms with van der Waals surface area (Å²) in [7, 11) is 0. The Hall–Kier alpha value is -2.71. The standard InChI is InChI=1S/C26H26F3NO3/c27-26(28,29)22-13-7-12-21(16-22)23(18-31)33-25-24(20-10-5-2-6-11-20)30(14-15-32-25)17-19-8-3-1-4-9-19/h1-13,16,23-25,31H,14-15,17-18H2/t23?,24-,25+/m0/s1. The van der Waals surface area contributed by atoms with Gasteiger partial charge in [0.15, 0.2) is 6.29 Å². The second-order valence-corrected chi connectivity index (χ2v) is 7.98. The van der Waals surface area contributed by atoms with Crippen LogP contribution in [0.4, 0.5) is 13.2 Å². The zero-order valence-corrected chi connectivity index (χ0v) is 18.0. The largest absolute Gasteiger partial charge is 0.416 e. The summed E-state index contributed by atoms with van der Waals surface area (Å²) in [5.74, 6) is 0. The lowest BCUT2D eigenvalue weighted by molar-refractivity contribution is -0.238. The van der Waals surface area contributed by atoms with Crippen LogP contribution in [-0.2, 0) is 22.2 Å². The molecule has 0 spiro atoms. The van der Waals surface area contributed by atoms with Crippen LogP contribution < -0.4 is 0 Å². The molecular formula is C26H26F3NO3. The predicted octanol–water partition coefficient (Wildman–Crippen LogP) is 5.36. The van der Waals surface area contributed by atoms with Crippen molar-refractivity contribution in [1.82, 2.24) is 4.90 Å². The first-order valence-corrected chi connectivity index (χ1v) is 10.8. The van der Waals surface area contributed by atoms with Crippen molar-refractivity contribution in [2.45, 2.75) is 31.2 Å². The molecule has 4 nitrogen and oxygen atoms in total. The number of rotatable bonds is 7. The average Bonchev–Trinajstić information content (AvgIpc) is 2.83. The molecule has 3 atom stereocenters. The first kappa shape index (κ1) is 23.4. The highest BCUT2D eigenvalue weighted by atomic mass is 19.4. The van der Waals surface area contributed by atoms with E-state index < -0.39 is 30.7 Å². The van der Waals surface area contributed by atoms with Gasteiger partial charge in [0.2, 0.25) is 0 Å². The van der Waals surface area contributed by atoms with Crippen molar-refractivity contribution < 1.29 is 27.8 Å². The topological polar surface area (TPSA) is 41.9 Å². The van der Waals surface area contributed by atoms with Crippen LogP contribution in [-0.4, -0.2) is 36.1 Å². The maximum absolute atomic E-state index is 13.2. The fraction of sp³-hybridized carbons (Fsp3) is 0.308. The number of aliphatic hydroxyl groups excluding tert-OH is 1. The number of morpholine rings is 1. The molecule has 0 bridgehead atoms. The van der Waals surface area contributed by atoms with Crippen molar-refractivity contribution in [3.8, 4) is 0 Å². The average molecular weight is 457 g/mol. The van der Waals surface area contributed by atoms with Crippen molar-refractivity contribution in [3.63, 3.8) is 0 Å². The molecule has 3 aromatic carbocycles. The molecule has 0 aromatic heterocycles. The molecule has 0 amide bonds. The fourth-order valence-electron chi connectivity index (χ4n) is 4.12. The summed E-state index contributed by atoms with van der Waals surface area (Å²) in [4.78, 5) is 2.24. The molecular weight excluding hydrogens is 431 g/mol. The summed E-state index contributed by atoms with van der Waals surface area (Å²) in [6, 6.07) is 24.3. The minimum absolute atomic E-state index is 0.253. The molecule has 0 saturated carbocycles. The van der Waals surface area contributed by atoms with Crippen LogP contribution in [0.25, 0.3) is 0 Å². The maximum atomic E-state index is 13.2. The summed E-state index contributed by atoms with van der Waals surface area (Å²) in [5, 5.41) is 9.99. The highest BCUT2D eigenvalue weighted by Crippen LogP contribution is 2.36. The van der Waals surface area contributed by atoms with Gasteiger partial charge in [0.1, 0.15) is 6.10 Å². The highest BCUT2D eigenvalue weighted by molar-refractivity contribution is 5.28. The van der Waals surface area contributed by atoms with E-state index in [1.165, 1.54) is 12.1 Å². The van der Waals surface area contributed by atoms with E-state index in [4.69, 9.17) is 9.47 Å².